The molecule has 5 heteroatoms. The number of rotatable bonds is 5. The van der Waals surface area contributed by atoms with Gasteiger partial charge in [0.25, 0.3) is 0 Å². The van der Waals surface area contributed by atoms with Crippen LogP contribution in [0.2, 0.25) is 0 Å². The number of nitrogens with one attached hydrogen (secondary N) is 1. The summed E-state index contributed by atoms with van der Waals surface area (Å²) in [5.74, 6) is -0.379. The third-order valence-electron chi connectivity index (χ3n) is 3.52. The minimum atomic E-state index is -0.217. The van der Waals surface area contributed by atoms with Gasteiger partial charge in [-0.1, -0.05) is 23.8 Å². The maximum absolute atomic E-state index is 12.2. The topological polar surface area (TPSA) is 62.3 Å². The molecule has 0 fully saturated rings. The Bertz CT molecular complexity index is 699. The lowest BCUT2D eigenvalue weighted by Crippen LogP contribution is -2.40. The van der Waals surface area contributed by atoms with Crippen molar-refractivity contribution in [3.8, 4) is 0 Å². The van der Waals surface area contributed by atoms with Crippen LogP contribution >= 0.6 is 0 Å². The van der Waals surface area contributed by atoms with E-state index in [9.17, 15) is 9.59 Å². The van der Waals surface area contributed by atoms with Crippen LogP contribution in [0, 0.1) is 13.8 Å². The van der Waals surface area contributed by atoms with Crippen molar-refractivity contribution in [2.75, 3.05) is 11.4 Å². The fraction of sp³-hybridized carbons (Fsp3) is 0.278. The molecular formula is C18H21N3O2. The Kier molecular flexibility index (Phi) is 5.46. The van der Waals surface area contributed by atoms with Gasteiger partial charge in [-0.15, -0.1) is 0 Å². The van der Waals surface area contributed by atoms with Gasteiger partial charge in [0.05, 0.1) is 12.2 Å². The molecule has 1 aromatic heterocycles. The molecule has 0 radical (unpaired) electrons. The van der Waals surface area contributed by atoms with Crippen molar-refractivity contribution >= 4 is 17.5 Å². The van der Waals surface area contributed by atoms with Crippen LogP contribution < -0.4 is 10.2 Å². The first-order valence-corrected chi connectivity index (χ1v) is 7.49. The van der Waals surface area contributed by atoms with E-state index in [1.807, 2.05) is 50.2 Å². The highest BCUT2D eigenvalue weighted by Gasteiger charge is 2.17. The summed E-state index contributed by atoms with van der Waals surface area (Å²) < 4.78 is 0. The van der Waals surface area contributed by atoms with Gasteiger partial charge in [-0.25, -0.2) is 0 Å². The highest BCUT2D eigenvalue weighted by atomic mass is 16.2. The van der Waals surface area contributed by atoms with Gasteiger partial charge in [0.1, 0.15) is 6.54 Å². The van der Waals surface area contributed by atoms with Gasteiger partial charge in [-0.05, 0) is 37.6 Å². The molecule has 0 bridgehead atoms. The van der Waals surface area contributed by atoms with Crippen LogP contribution in [-0.4, -0.2) is 23.3 Å². The molecule has 0 saturated carbocycles. The molecular weight excluding hydrogens is 290 g/mol. The molecule has 1 aromatic carbocycles. The number of anilines is 1. The van der Waals surface area contributed by atoms with Crippen LogP contribution in [0.4, 0.5) is 5.69 Å². The van der Waals surface area contributed by atoms with E-state index < -0.39 is 0 Å². The number of nitrogens with zero attached hydrogens (tertiary/aromatic N) is 2. The molecule has 0 saturated heterocycles. The van der Waals surface area contributed by atoms with Crippen molar-refractivity contribution in [3.05, 3.63) is 59.4 Å². The molecule has 0 spiro atoms. The van der Waals surface area contributed by atoms with E-state index in [1.165, 1.54) is 11.8 Å². The maximum Gasteiger partial charge on any atom is 0.240 e. The van der Waals surface area contributed by atoms with Gasteiger partial charge < -0.3 is 10.2 Å². The summed E-state index contributed by atoms with van der Waals surface area (Å²) >= 11 is 0. The second-order valence-electron chi connectivity index (χ2n) is 5.49. The van der Waals surface area contributed by atoms with Gasteiger partial charge >= 0.3 is 0 Å². The summed E-state index contributed by atoms with van der Waals surface area (Å²) in [7, 11) is 0. The van der Waals surface area contributed by atoms with Gasteiger partial charge in [0, 0.05) is 18.8 Å². The molecule has 1 N–H and O–H groups in total. The molecule has 23 heavy (non-hydrogen) atoms. The highest BCUT2D eigenvalue weighted by molar-refractivity contribution is 5.98. The summed E-state index contributed by atoms with van der Waals surface area (Å²) in [5, 5.41) is 2.79. The van der Waals surface area contributed by atoms with Gasteiger partial charge in [-0.2, -0.15) is 0 Å². The number of hydrogen-bond acceptors (Lipinski definition) is 3. The van der Waals surface area contributed by atoms with Crippen LogP contribution in [0.15, 0.2) is 42.6 Å². The number of aryl methyl sites for hydroxylation is 2. The predicted octanol–water partition coefficient (Wildman–Crippen LogP) is 2.37. The van der Waals surface area contributed by atoms with Crippen LogP contribution in [0.3, 0.4) is 0 Å². The summed E-state index contributed by atoms with van der Waals surface area (Å²) in [5.41, 5.74) is 3.63. The standard InChI is InChI=1S/C18H21N3O2/c1-13-7-8-17(14(2)10-13)21(15(3)22)12-18(23)20-11-16-6-4-5-9-19-16/h4-10H,11-12H2,1-3H3,(H,20,23). The zero-order valence-electron chi connectivity index (χ0n) is 13.7. The number of hydrogen-bond donors (Lipinski definition) is 1. The first kappa shape index (κ1) is 16.7. The first-order valence-electron chi connectivity index (χ1n) is 7.49. The van der Waals surface area contributed by atoms with E-state index >= 15 is 0 Å². The maximum atomic E-state index is 12.2. The molecule has 5 nitrogen and oxygen atoms in total. The lowest BCUT2D eigenvalue weighted by atomic mass is 10.1. The number of amides is 2. The Labute approximate surface area is 136 Å². The molecule has 2 aromatic rings. The number of carbonyl (C=O) groups is 2. The first-order chi connectivity index (χ1) is 11.0. The Morgan fingerprint density at radius 3 is 2.57 bits per heavy atom. The monoisotopic (exact) mass is 311 g/mol. The zero-order chi connectivity index (χ0) is 16.8. The van der Waals surface area contributed by atoms with E-state index in [4.69, 9.17) is 0 Å². The minimum Gasteiger partial charge on any atom is -0.349 e. The number of pyridine rings is 1. The van der Waals surface area contributed by atoms with E-state index in [0.29, 0.717) is 6.54 Å². The van der Waals surface area contributed by atoms with Gasteiger partial charge in [0.2, 0.25) is 11.8 Å². The fourth-order valence-electron chi connectivity index (χ4n) is 2.37. The van der Waals surface area contributed by atoms with Crippen molar-refractivity contribution in [3.63, 3.8) is 0 Å². The third-order valence-corrected chi connectivity index (χ3v) is 3.52. The van der Waals surface area contributed by atoms with E-state index in [0.717, 1.165) is 22.5 Å². The summed E-state index contributed by atoms with van der Waals surface area (Å²) in [6, 6.07) is 11.3. The van der Waals surface area contributed by atoms with Crippen LogP contribution in [0.25, 0.3) is 0 Å². The van der Waals surface area contributed by atoms with Crippen molar-refractivity contribution in [1.82, 2.24) is 10.3 Å². The van der Waals surface area contributed by atoms with E-state index in [1.54, 1.807) is 6.20 Å². The molecule has 2 amide bonds. The quantitative estimate of drug-likeness (QED) is 0.922. The average Bonchev–Trinajstić information content (AvgIpc) is 2.52. The van der Waals surface area contributed by atoms with Crippen LogP contribution in [0.1, 0.15) is 23.7 Å². The lowest BCUT2D eigenvalue weighted by Gasteiger charge is -2.23. The zero-order valence-corrected chi connectivity index (χ0v) is 13.7. The normalized spacial score (nSPS) is 10.2. The minimum absolute atomic E-state index is 0.00787. The molecule has 0 aliphatic carbocycles. The molecule has 0 atom stereocenters. The van der Waals surface area contributed by atoms with Gasteiger partial charge in [-0.3, -0.25) is 14.6 Å². The molecule has 0 unspecified atom stereocenters. The highest BCUT2D eigenvalue weighted by Crippen LogP contribution is 2.21. The summed E-state index contributed by atoms with van der Waals surface area (Å²) in [6.07, 6.45) is 1.68. The molecule has 0 aliphatic heterocycles. The largest absolute Gasteiger partial charge is 0.349 e. The summed E-state index contributed by atoms with van der Waals surface area (Å²) in [4.78, 5) is 29.7. The SMILES string of the molecule is CC(=O)N(CC(=O)NCc1ccccn1)c1ccc(C)cc1C. The number of benzene rings is 1. The van der Waals surface area contributed by atoms with Crippen molar-refractivity contribution in [2.45, 2.75) is 27.3 Å². The Hall–Kier alpha value is -2.69. The van der Waals surface area contributed by atoms with Crippen LogP contribution in [0.5, 0.6) is 0 Å². The molecule has 120 valence electrons. The van der Waals surface area contributed by atoms with Crippen molar-refractivity contribution in [2.24, 2.45) is 0 Å². The third kappa shape index (κ3) is 4.64. The average molecular weight is 311 g/mol. The van der Waals surface area contributed by atoms with Crippen molar-refractivity contribution in [1.29, 1.82) is 0 Å². The number of carbonyl (C=O) groups excluding carboxylic acids is 2. The smallest absolute Gasteiger partial charge is 0.240 e. The number of aromatic nitrogens is 1. The lowest BCUT2D eigenvalue weighted by molar-refractivity contribution is -0.123. The second kappa shape index (κ2) is 7.54. The Morgan fingerprint density at radius 2 is 1.96 bits per heavy atom. The van der Waals surface area contributed by atoms with E-state index in [-0.39, 0.29) is 18.4 Å². The molecule has 1 heterocycles. The van der Waals surface area contributed by atoms with E-state index in [2.05, 4.69) is 10.3 Å². The Balaban J connectivity index is 2.04. The Morgan fingerprint density at radius 1 is 1.17 bits per heavy atom. The predicted molar refractivity (Wildman–Crippen MR) is 90.0 cm³/mol. The fourth-order valence-corrected chi connectivity index (χ4v) is 2.37. The second-order valence-corrected chi connectivity index (χ2v) is 5.49. The van der Waals surface area contributed by atoms with Gasteiger partial charge in [0.15, 0.2) is 0 Å². The van der Waals surface area contributed by atoms with Crippen molar-refractivity contribution < 1.29 is 9.59 Å². The molecule has 0 aliphatic rings. The van der Waals surface area contributed by atoms with Crippen LogP contribution in [-0.2, 0) is 16.1 Å². The molecule has 2 rings (SSSR count). The summed E-state index contributed by atoms with van der Waals surface area (Å²) in [6.45, 7) is 5.73.